The van der Waals surface area contributed by atoms with E-state index in [0.717, 1.165) is 13.0 Å². The third kappa shape index (κ3) is 3.75. The van der Waals surface area contributed by atoms with Gasteiger partial charge in [-0.3, -0.25) is 14.4 Å². The Morgan fingerprint density at radius 2 is 2.05 bits per heavy atom. The van der Waals surface area contributed by atoms with Gasteiger partial charge in [0.25, 0.3) is 0 Å². The first-order chi connectivity index (χ1) is 10.4. The Kier molecular flexibility index (Phi) is 5.36. The van der Waals surface area contributed by atoms with Crippen LogP contribution in [0.3, 0.4) is 0 Å². The molecular weight excluding hydrogens is 288 g/mol. The number of aliphatic hydroxyl groups excluding tert-OH is 1. The summed E-state index contributed by atoms with van der Waals surface area (Å²) in [6.07, 6.45) is 0.339. The van der Waals surface area contributed by atoms with Crippen LogP contribution >= 0.6 is 0 Å². The minimum absolute atomic E-state index is 0.00218. The van der Waals surface area contributed by atoms with E-state index >= 15 is 0 Å². The van der Waals surface area contributed by atoms with E-state index in [1.807, 2.05) is 0 Å². The molecule has 2 aliphatic heterocycles. The van der Waals surface area contributed by atoms with Crippen LogP contribution in [0.1, 0.15) is 19.8 Å². The molecule has 2 aliphatic rings. The van der Waals surface area contributed by atoms with Gasteiger partial charge in [-0.25, -0.2) is 0 Å². The highest BCUT2D eigenvalue weighted by atomic mass is 16.3. The molecule has 124 valence electrons. The van der Waals surface area contributed by atoms with Crippen molar-refractivity contribution in [2.75, 3.05) is 26.2 Å². The van der Waals surface area contributed by atoms with Crippen LogP contribution in [-0.4, -0.2) is 66.1 Å². The smallest absolute Gasteiger partial charge is 0.242 e. The highest BCUT2D eigenvalue weighted by Gasteiger charge is 2.36. The Labute approximate surface area is 129 Å². The lowest BCUT2D eigenvalue weighted by Crippen LogP contribution is -2.52. The van der Waals surface area contributed by atoms with E-state index in [2.05, 4.69) is 10.6 Å². The molecule has 0 saturated carbocycles. The second kappa shape index (κ2) is 7.06. The maximum Gasteiger partial charge on any atom is 0.242 e. The summed E-state index contributed by atoms with van der Waals surface area (Å²) in [5.41, 5.74) is 5.16. The second-order valence-electron chi connectivity index (χ2n) is 6.09. The standard InChI is InChI=1S/C14H24N4O4/c1-8(19)11(12(15)20)17-13(21)10-3-5-18(7-10)14(22)9-2-4-16-6-9/h8-11,16,19H,2-7H2,1H3,(H2,15,20)(H,17,21)/t8-,9?,10?,11+/m1/s1. The van der Waals surface area contributed by atoms with Crippen LogP contribution < -0.4 is 16.4 Å². The largest absolute Gasteiger partial charge is 0.391 e. The summed E-state index contributed by atoms with van der Waals surface area (Å²) in [6.45, 7) is 3.84. The first-order valence-electron chi connectivity index (χ1n) is 7.67. The van der Waals surface area contributed by atoms with Crippen LogP contribution in [0.25, 0.3) is 0 Å². The van der Waals surface area contributed by atoms with Crippen molar-refractivity contribution in [2.24, 2.45) is 17.6 Å². The summed E-state index contributed by atoms with van der Waals surface area (Å²) >= 11 is 0. The summed E-state index contributed by atoms with van der Waals surface area (Å²) in [4.78, 5) is 37.4. The molecule has 5 N–H and O–H groups in total. The van der Waals surface area contributed by atoms with Gasteiger partial charge < -0.3 is 26.4 Å². The van der Waals surface area contributed by atoms with Crippen LogP contribution in [-0.2, 0) is 14.4 Å². The number of hydrogen-bond acceptors (Lipinski definition) is 5. The van der Waals surface area contributed by atoms with Gasteiger partial charge in [-0.1, -0.05) is 0 Å². The normalized spacial score (nSPS) is 27.5. The average Bonchev–Trinajstić information content (AvgIpc) is 3.13. The molecule has 2 saturated heterocycles. The number of primary amides is 1. The number of likely N-dealkylation sites (tertiary alicyclic amines) is 1. The van der Waals surface area contributed by atoms with Gasteiger partial charge >= 0.3 is 0 Å². The van der Waals surface area contributed by atoms with Gasteiger partial charge in [0.15, 0.2) is 0 Å². The minimum Gasteiger partial charge on any atom is -0.391 e. The topological polar surface area (TPSA) is 125 Å². The second-order valence-corrected chi connectivity index (χ2v) is 6.09. The van der Waals surface area contributed by atoms with Gasteiger partial charge in [0.05, 0.1) is 17.9 Å². The fourth-order valence-electron chi connectivity index (χ4n) is 3.00. The van der Waals surface area contributed by atoms with Crippen molar-refractivity contribution < 1.29 is 19.5 Å². The summed E-state index contributed by atoms with van der Waals surface area (Å²) < 4.78 is 0. The third-order valence-corrected chi connectivity index (χ3v) is 4.37. The van der Waals surface area contributed by atoms with Gasteiger partial charge in [-0.15, -0.1) is 0 Å². The van der Waals surface area contributed by atoms with Crippen molar-refractivity contribution in [3.63, 3.8) is 0 Å². The van der Waals surface area contributed by atoms with E-state index in [1.165, 1.54) is 6.92 Å². The fourth-order valence-corrected chi connectivity index (χ4v) is 3.00. The Bertz CT molecular complexity index is 448. The fraction of sp³-hybridized carbons (Fsp3) is 0.786. The molecule has 2 fully saturated rings. The predicted octanol–water partition coefficient (Wildman–Crippen LogP) is -2.20. The Morgan fingerprint density at radius 3 is 2.59 bits per heavy atom. The van der Waals surface area contributed by atoms with Crippen LogP contribution in [0.5, 0.6) is 0 Å². The molecular formula is C14H24N4O4. The Hall–Kier alpha value is -1.67. The molecule has 0 aromatic rings. The number of carbonyl (C=O) groups is 3. The zero-order valence-corrected chi connectivity index (χ0v) is 12.7. The number of hydrogen-bond donors (Lipinski definition) is 4. The first-order valence-corrected chi connectivity index (χ1v) is 7.67. The molecule has 2 rings (SSSR count). The number of nitrogens with one attached hydrogen (secondary N) is 2. The van der Waals surface area contributed by atoms with Crippen molar-refractivity contribution >= 4 is 17.7 Å². The molecule has 2 unspecified atom stereocenters. The van der Waals surface area contributed by atoms with Gasteiger partial charge in [0, 0.05) is 19.6 Å². The lowest BCUT2D eigenvalue weighted by molar-refractivity contribution is -0.135. The molecule has 0 aromatic heterocycles. The molecule has 0 aliphatic carbocycles. The van der Waals surface area contributed by atoms with E-state index in [0.29, 0.717) is 26.1 Å². The quantitative estimate of drug-likeness (QED) is 0.458. The average molecular weight is 312 g/mol. The molecule has 0 bridgehead atoms. The predicted molar refractivity (Wildman–Crippen MR) is 78.5 cm³/mol. The van der Waals surface area contributed by atoms with E-state index in [4.69, 9.17) is 5.73 Å². The van der Waals surface area contributed by atoms with E-state index in [-0.39, 0.29) is 23.7 Å². The molecule has 22 heavy (non-hydrogen) atoms. The molecule has 2 heterocycles. The lowest BCUT2D eigenvalue weighted by Gasteiger charge is -2.22. The summed E-state index contributed by atoms with van der Waals surface area (Å²) in [5.74, 6) is -1.39. The number of nitrogens with two attached hydrogens (primary N) is 1. The molecule has 0 aromatic carbocycles. The zero-order valence-electron chi connectivity index (χ0n) is 12.7. The van der Waals surface area contributed by atoms with Crippen molar-refractivity contribution in [1.29, 1.82) is 0 Å². The van der Waals surface area contributed by atoms with Crippen LogP contribution in [0.15, 0.2) is 0 Å². The van der Waals surface area contributed by atoms with E-state index in [9.17, 15) is 19.5 Å². The highest BCUT2D eigenvalue weighted by Crippen LogP contribution is 2.21. The lowest BCUT2D eigenvalue weighted by atomic mass is 10.1. The van der Waals surface area contributed by atoms with Gasteiger partial charge in [-0.05, 0) is 26.3 Å². The maximum atomic E-state index is 12.3. The molecule has 0 radical (unpaired) electrons. The van der Waals surface area contributed by atoms with Crippen molar-refractivity contribution in [1.82, 2.24) is 15.5 Å². The molecule has 8 nitrogen and oxygen atoms in total. The Balaban J connectivity index is 1.87. The van der Waals surface area contributed by atoms with E-state index in [1.54, 1.807) is 4.90 Å². The number of nitrogens with zero attached hydrogens (tertiary/aromatic N) is 1. The van der Waals surface area contributed by atoms with Gasteiger partial charge in [0.2, 0.25) is 17.7 Å². The third-order valence-electron chi connectivity index (χ3n) is 4.37. The molecule has 8 heteroatoms. The first kappa shape index (κ1) is 16.7. The van der Waals surface area contributed by atoms with Crippen LogP contribution in [0.4, 0.5) is 0 Å². The monoisotopic (exact) mass is 312 g/mol. The minimum atomic E-state index is -1.10. The molecule has 0 spiro atoms. The number of aliphatic hydroxyl groups is 1. The maximum absolute atomic E-state index is 12.3. The zero-order chi connectivity index (χ0) is 16.3. The summed E-state index contributed by atoms with van der Waals surface area (Å²) in [6, 6.07) is -1.10. The highest BCUT2D eigenvalue weighted by molar-refractivity contribution is 5.89. The Morgan fingerprint density at radius 1 is 1.32 bits per heavy atom. The van der Waals surface area contributed by atoms with Crippen LogP contribution in [0.2, 0.25) is 0 Å². The van der Waals surface area contributed by atoms with E-state index < -0.39 is 18.1 Å². The van der Waals surface area contributed by atoms with Crippen molar-refractivity contribution in [2.45, 2.75) is 31.9 Å². The number of amides is 3. The van der Waals surface area contributed by atoms with Crippen LogP contribution in [0, 0.1) is 11.8 Å². The summed E-state index contributed by atoms with van der Waals surface area (Å²) in [5, 5.41) is 15.1. The van der Waals surface area contributed by atoms with Gasteiger partial charge in [-0.2, -0.15) is 0 Å². The molecule has 4 atom stereocenters. The summed E-state index contributed by atoms with van der Waals surface area (Å²) in [7, 11) is 0. The number of carbonyl (C=O) groups excluding carboxylic acids is 3. The van der Waals surface area contributed by atoms with Crippen molar-refractivity contribution in [3.8, 4) is 0 Å². The van der Waals surface area contributed by atoms with Gasteiger partial charge in [0.1, 0.15) is 6.04 Å². The molecule has 3 amide bonds. The number of rotatable bonds is 5. The SMILES string of the molecule is C[C@@H](O)[C@H](NC(=O)C1CCN(C(=O)C2CCNC2)C1)C(N)=O. The van der Waals surface area contributed by atoms with Crippen molar-refractivity contribution in [3.05, 3.63) is 0 Å².